The van der Waals surface area contributed by atoms with Gasteiger partial charge in [-0.05, 0) is 25.1 Å². The number of hydrogen-bond acceptors (Lipinski definition) is 3. The Balaban J connectivity index is 1.78. The van der Waals surface area contributed by atoms with Crippen molar-refractivity contribution in [2.24, 2.45) is 0 Å². The standard InChI is InChI=1S/C18H28N4OS/c1-2-3-4-5-6-7-11-14-16(23)19-17-20-18(24)21-22(17)15-12-9-8-10-13-15/h8-9,13H,2-7,10-12,14H2,1H3,(H2,19,20,21,23,24). The number of amides is 1. The molecule has 132 valence electrons. The largest absolute Gasteiger partial charge is 0.294 e. The molecule has 0 radical (unpaired) electrons. The monoisotopic (exact) mass is 348 g/mol. The second-order valence-corrected chi connectivity index (χ2v) is 6.60. The van der Waals surface area contributed by atoms with Gasteiger partial charge in [-0.3, -0.25) is 15.2 Å². The first-order chi connectivity index (χ1) is 11.7. The number of H-pyrrole nitrogens is 1. The van der Waals surface area contributed by atoms with Crippen molar-refractivity contribution in [3.63, 3.8) is 0 Å². The Kier molecular flexibility index (Phi) is 7.95. The van der Waals surface area contributed by atoms with Crippen molar-refractivity contribution in [3.8, 4) is 0 Å². The highest BCUT2D eigenvalue weighted by Gasteiger charge is 2.12. The van der Waals surface area contributed by atoms with Gasteiger partial charge in [-0.2, -0.15) is 4.98 Å². The Morgan fingerprint density at radius 3 is 2.71 bits per heavy atom. The summed E-state index contributed by atoms with van der Waals surface area (Å²) in [6.07, 6.45) is 17.0. The molecule has 0 bridgehead atoms. The average molecular weight is 349 g/mol. The molecule has 1 aliphatic carbocycles. The first-order valence-corrected chi connectivity index (χ1v) is 9.45. The molecule has 1 aromatic rings. The summed E-state index contributed by atoms with van der Waals surface area (Å²) in [6, 6.07) is 0. The van der Waals surface area contributed by atoms with Crippen molar-refractivity contribution in [2.45, 2.75) is 71.1 Å². The molecule has 0 spiro atoms. The molecule has 1 aromatic heterocycles. The van der Waals surface area contributed by atoms with Crippen LogP contribution in [0.3, 0.4) is 0 Å². The number of carbonyl (C=O) groups is 1. The van der Waals surface area contributed by atoms with E-state index in [4.69, 9.17) is 12.2 Å². The molecule has 0 saturated carbocycles. The first-order valence-electron chi connectivity index (χ1n) is 9.04. The Morgan fingerprint density at radius 2 is 2.00 bits per heavy atom. The molecule has 1 heterocycles. The SMILES string of the molecule is CCCCCCCCCC(=O)Nc1nc(=S)[nH]n1C1=CCC=CC1. The van der Waals surface area contributed by atoms with Crippen molar-refractivity contribution >= 4 is 29.8 Å². The van der Waals surface area contributed by atoms with Crippen LogP contribution in [-0.4, -0.2) is 20.7 Å². The second-order valence-electron chi connectivity index (χ2n) is 6.21. The molecule has 0 saturated heterocycles. The molecular weight excluding hydrogens is 320 g/mol. The molecule has 2 N–H and O–H groups in total. The number of nitrogens with zero attached hydrogens (tertiary/aromatic N) is 2. The number of nitrogens with one attached hydrogen (secondary N) is 2. The lowest BCUT2D eigenvalue weighted by Gasteiger charge is -2.12. The van der Waals surface area contributed by atoms with Crippen LogP contribution >= 0.6 is 12.2 Å². The Bertz CT molecular complexity index is 642. The summed E-state index contributed by atoms with van der Waals surface area (Å²) in [6.45, 7) is 2.22. The van der Waals surface area contributed by atoms with Gasteiger partial charge in [0.1, 0.15) is 0 Å². The fraction of sp³-hybridized carbons (Fsp3) is 0.611. The van der Waals surface area contributed by atoms with E-state index in [1.54, 1.807) is 4.68 Å². The number of unbranched alkanes of at least 4 members (excludes halogenated alkanes) is 6. The van der Waals surface area contributed by atoms with Gasteiger partial charge in [-0.1, -0.05) is 63.7 Å². The van der Waals surface area contributed by atoms with E-state index in [1.165, 1.54) is 32.1 Å². The van der Waals surface area contributed by atoms with Gasteiger partial charge in [0, 0.05) is 18.5 Å². The van der Waals surface area contributed by atoms with Gasteiger partial charge >= 0.3 is 0 Å². The predicted octanol–water partition coefficient (Wildman–Crippen LogP) is 5.21. The third kappa shape index (κ3) is 6.07. The Hall–Kier alpha value is -1.69. The minimum atomic E-state index is 0.00533. The van der Waals surface area contributed by atoms with Crippen LogP contribution in [-0.2, 0) is 4.79 Å². The van der Waals surface area contributed by atoms with Gasteiger partial charge in [-0.15, -0.1) is 0 Å². The zero-order valence-electron chi connectivity index (χ0n) is 14.5. The van der Waals surface area contributed by atoms with Gasteiger partial charge in [0.2, 0.25) is 16.6 Å². The maximum absolute atomic E-state index is 12.1. The first kappa shape index (κ1) is 18.6. The molecule has 0 atom stereocenters. The second kappa shape index (κ2) is 10.2. The number of anilines is 1. The Morgan fingerprint density at radius 1 is 1.25 bits per heavy atom. The zero-order chi connectivity index (χ0) is 17.2. The van der Waals surface area contributed by atoms with E-state index in [-0.39, 0.29) is 5.91 Å². The van der Waals surface area contributed by atoms with Crippen LogP contribution in [0.2, 0.25) is 0 Å². The summed E-state index contributed by atoms with van der Waals surface area (Å²) in [5.74, 6) is 0.500. The minimum Gasteiger partial charge on any atom is -0.294 e. The Labute approximate surface area is 149 Å². The van der Waals surface area contributed by atoms with E-state index < -0.39 is 0 Å². The van der Waals surface area contributed by atoms with Crippen LogP contribution in [0.15, 0.2) is 18.2 Å². The molecule has 1 amide bonds. The molecule has 0 aliphatic heterocycles. The van der Waals surface area contributed by atoms with Crippen LogP contribution in [0.25, 0.3) is 5.70 Å². The van der Waals surface area contributed by atoms with Crippen molar-refractivity contribution in [1.29, 1.82) is 0 Å². The van der Waals surface area contributed by atoms with Gasteiger partial charge in [0.15, 0.2) is 0 Å². The summed E-state index contributed by atoms with van der Waals surface area (Å²) in [5, 5.41) is 5.91. The van der Waals surface area contributed by atoms with Crippen molar-refractivity contribution < 1.29 is 4.79 Å². The predicted molar refractivity (Wildman–Crippen MR) is 101 cm³/mol. The van der Waals surface area contributed by atoms with Crippen LogP contribution in [0.4, 0.5) is 5.95 Å². The number of aromatic amines is 1. The van der Waals surface area contributed by atoms with E-state index in [0.717, 1.165) is 31.4 Å². The highest BCUT2D eigenvalue weighted by Crippen LogP contribution is 2.19. The highest BCUT2D eigenvalue weighted by atomic mass is 32.1. The van der Waals surface area contributed by atoms with Crippen LogP contribution in [0, 0.1) is 4.77 Å². The minimum absolute atomic E-state index is 0.00533. The molecule has 0 aromatic carbocycles. The van der Waals surface area contributed by atoms with Crippen LogP contribution < -0.4 is 5.32 Å². The summed E-state index contributed by atoms with van der Waals surface area (Å²) in [4.78, 5) is 16.4. The highest BCUT2D eigenvalue weighted by molar-refractivity contribution is 7.71. The van der Waals surface area contributed by atoms with Gasteiger partial charge < -0.3 is 0 Å². The fourth-order valence-corrected chi connectivity index (χ4v) is 2.99. The van der Waals surface area contributed by atoms with Gasteiger partial charge in [-0.25, -0.2) is 4.68 Å². The van der Waals surface area contributed by atoms with Crippen molar-refractivity contribution in [1.82, 2.24) is 14.8 Å². The number of allylic oxidation sites excluding steroid dienone is 4. The molecule has 0 unspecified atom stereocenters. The number of hydrogen-bond donors (Lipinski definition) is 2. The smallest absolute Gasteiger partial charge is 0.231 e. The molecule has 6 heteroatoms. The molecule has 2 rings (SSSR count). The average Bonchev–Trinajstić information content (AvgIpc) is 2.95. The van der Waals surface area contributed by atoms with Crippen molar-refractivity contribution in [3.05, 3.63) is 23.0 Å². The summed E-state index contributed by atoms with van der Waals surface area (Å²) in [7, 11) is 0. The summed E-state index contributed by atoms with van der Waals surface area (Å²) in [5.41, 5.74) is 1.06. The topological polar surface area (TPSA) is 62.7 Å². The van der Waals surface area contributed by atoms with Crippen molar-refractivity contribution in [2.75, 3.05) is 5.32 Å². The molecule has 24 heavy (non-hydrogen) atoms. The third-order valence-electron chi connectivity index (χ3n) is 4.16. The van der Waals surface area contributed by atoms with E-state index in [1.807, 2.05) is 0 Å². The molecule has 1 aliphatic rings. The third-order valence-corrected chi connectivity index (χ3v) is 4.34. The maximum atomic E-state index is 12.1. The molecule has 0 fully saturated rings. The lowest BCUT2D eigenvalue weighted by molar-refractivity contribution is -0.116. The quantitative estimate of drug-likeness (QED) is 0.346. The fourth-order valence-electron chi connectivity index (χ4n) is 2.81. The van der Waals surface area contributed by atoms with Gasteiger partial charge in [0.25, 0.3) is 0 Å². The van der Waals surface area contributed by atoms with Crippen LogP contribution in [0.1, 0.15) is 71.1 Å². The van der Waals surface area contributed by atoms with E-state index in [9.17, 15) is 4.79 Å². The van der Waals surface area contributed by atoms with E-state index in [0.29, 0.717) is 17.1 Å². The summed E-state index contributed by atoms with van der Waals surface area (Å²) < 4.78 is 2.17. The molecule has 5 nitrogen and oxygen atoms in total. The number of aromatic nitrogens is 3. The normalized spacial score (nSPS) is 13.8. The van der Waals surface area contributed by atoms with Gasteiger partial charge in [0.05, 0.1) is 0 Å². The van der Waals surface area contributed by atoms with E-state index >= 15 is 0 Å². The van der Waals surface area contributed by atoms with Crippen LogP contribution in [0.5, 0.6) is 0 Å². The summed E-state index contributed by atoms with van der Waals surface area (Å²) >= 11 is 5.12. The van der Waals surface area contributed by atoms with E-state index in [2.05, 4.69) is 40.6 Å². The zero-order valence-corrected chi connectivity index (χ0v) is 15.3. The number of rotatable bonds is 10. The maximum Gasteiger partial charge on any atom is 0.231 e. The lowest BCUT2D eigenvalue weighted by Crippen LogP contribution is -2.16. The number of carbonyl (C=O) groups excluding carboxylic acids is 1. The molecular formula is C18H28N4OS. The lowest BCUT2D eigenvalue weighted by atomic mass is 10.1.